The standard InChI is InChI=1S/C15H22BrNO/c16-14-6-8-15(9-7-14)18-13-5-1-2-10-17-11-3-4-12-17/h6-9H,1-5,10-13H2. The molecule has 1 aliphatic rings. The molecule has 0 spiro atoms. The second-order valence-corrected chi connectivity index (χ2v) is 5.83. The molecule has 1 aliphatic heterocycles. The normalized spacial score (nSPS) is 16.1. The minimum absolute atomic E-state index is 0.835. The first-order valence-corrected chi connectivity index (χ1v) is 7.74. The van der Waals surface area contributed by atoms with Gasteiger partial charge in [-0.3, -0.25) is 0 Å². The molecule has 1 aromatic rings. The summed E-state index contributed by atoms with van der Waals surface area (Å²) in [6.07, 6.45) is 6.53. The molecule has 3 heteroatoms. The average molecular weight is 312 g/mol. The van der Waals surface area contributed by atoms with Crippen LogP contribution >= 0.6 is 15.9 Å². The van der Waals surface area contributed by atoms with Crippen molar-refractivity contribution >= 4 is 15.9 Å². The van der Waals surface area contributed by atoms with E-state index < -0.39 is 0 Å². The van der Waals surface area contributed by atoms with Crippen molar-refractivity contribution in [2.24, 2.45) is 0 Å². The predicted octanol–water partition coefficient (Wildman–Crippen LogP) is 4.09. The van der Waals surface area contributed by atoms with Gasteiger partial charge in [-0.25, -0.2) is 0 Å². The number of hydrogen-bond acceptors (Lipinski definition) is 2. The average Bonchev–Trinajstić information content (AvgIpc) is 2.89. The fourth-order valence-electron chi connectivity index (χ4n) is 2.34. The third kappa shape index (κ3) is 4.99. The van der Waals surface area contributed by atoms with Crippen molar-refractivity contribution in [3.8, 4) is 5.75 Å². The van der Waals surface area contributed by atoms with Crippen molar-refractivity contribution in [3.05, 3.63) is 28.7 Å². The van der Waals surface area contributed by atoms with E-state index in [1.54, 1.807) is 0 Å². The molecular weight excluding hydrogens is 290 g/mol. The molecule has 0 bridgehead atoms. The molecule has 0 amide bonds. The van der Waals surface area contributed by atoms with Gasteiger partial charge in [-0.2, -0.15) is 0 Å². The van der Waals surface area contributed by atoms with E-state index >= 15 is 0 Å². The Bertz CT molecular complexity index is 333. The molecule has 2 rings (SSSR count). The van der Waals surface area contributed by atoms with Crippen LogP contribution in [0.25, 0.3) is 0 Å². The van der Waals surface area contributed by atoms with Crippen LogP contribution in [0.4, 0.5) is 0 Å². The highest BCUT2D eigenvalue weighted by Gasteiger charge is 2.09. The molecule has 100 valence electrons. The number of benzene rings is 1. The van der Waals surface area contributed by atoms with Crippen LogP contribution in [0, 0.1) is 0 Å². The first kappa shape index (κ1) is 13.9. The molecular formula is C15H22BrNO. The van der Waals surface area contributed by atoms with Crippen LogP contribution < -0.4 is 4.74 Å². The molecule has 2 nitrogen and oxygen atoms in total. The second kappa shape index (κ2) is 7.80. The zero-order chi connectivity index (χ0) is 12.6. The van der Waals surface area contributed by atoms with E-state index in [4.69, 9.17) is 4.74 Å². The Morgan fingerprint density at radius 1 is 1.00 bits per heavy atom. The second-order valence-electron chi connectivity index (χ2n) is 4.91. The summed E-state index contributed by atoms with van der Waals surface area (Å²) in [5.41, 5.74) is 0. The maximum atomic E-state index is 5.70. The molecule has 0 saturated carbocycles. The maximum Gasteiger partial charge on any atom is 0.119 e. The monoisotopic (exact) mass is 311 g/mol. The molecule has 0 aliphatic carbocycles. The van der Waals surface area contributed by atoms with Crippen molar-refractivity contribution in [1.82, 2.24) is 4.90 Å². The molecule has 1 aromatic carbocycles. The van der Waals surface area contributed by atoms with Crippen molar-refractivity contribution < 1.29 is 4.74 Å². The van der Waals surface area contributed by atoms with E-state index in [1.807, 2.05) is 24.3 Å². The fraction of sp³-hybridized carbons (Fsp3) is 0.600. The van der Waals surface area contributed by atoms with Crippen LogP contribution in [0.3, 0.4) is 0 Å². The molecule has 0 N–H and O–H groups in total. The highest BCUT2D eigenvalue weighted by molar-refractivity contribution is 9.10. The first-order chi connectivity index (χ1) is 8.84. The van der Waals surface area contributed by atoms with Gasteiger partial charge >= 0.3 is 0 Å². The summed E-state index contributed by atoms with van der Waals surface area (Å²) in [7, 11) is 0. The summed E-state index contributed by atoms with van der Waals surface area (Å²) in [6.45, 7) is 4.74. The van der Waals surface area contributed by atoms with Crippen LogP contribution in [0.1, 0.15) is 32.1 Å². The molecule has 1 heterocycles. The zero-order valence-corrected chi connectivity index (χ0v) is 12.5. The Kier molecular flexibility index (Phi) is 6.01. The minimum atomic E-state index is 0.835. The van der Waals surface area contributed by atoms with E-state index in [9.17, 15) is 0 Å². The zero-order valence-electron chi connectivity index (χ0n) is 10.9. The molecule has 0 unspecified atom stereocenters. The molecule has 0 aromatic heterocycles. The topological polar surface area (TPSA) is 12.5 Å². The number of ether oxygens (including phenoxy) is 1. The van der Waals surface area contributed by atoms with Gasteiger partial charge in [0, 0.05) is 4.47 Å². The Labute approximate surface area is 118 Å². The summed E-state index contributed by atoms with van der Waals surface area (Å²) in [4.78, 5) is 2.58. The number of nitrogens with zero attached hydrogens (tertiary/aromatic N) is 1. The van der Waals surface area contributed by atoms with E-state index in [-0.39, 0.29) is 0 Å². The van der Waals surface area contributed by atoms with E-state index in [0.29, 0.717) is 0 Å². The van der Waals surface area contributed by atoms with Crippen LogP contribution in [-0.2, 0) is 0 Å². The fourth-order valence-corrected chi connectivity index (χ4v) is 2.61. The maximum absolute atomic E-state index is 5.70. The third-order valence-corrected chi connectivity index (χ3v) is 3.93. The van der Waals surface area contributed by atoms with Gasteiger partial charge in [-0.1, -0.05) is 15.9 Å². The summed E-state index contributed by atoms with van der Waals surface area (Å²) >= 11 is 3.42. The summed E-state index contributed by atoms with van der Waals surface area (Å²) < 4.78 is 6.80. The Morgan fingerprint density at radius 2 is 1.72 bits per heavy atom. The molecule has 18 heavy (non-hydrogen) atoms. The smallest absolute Gasteiger partial charge is 0.119 e. The largest absolute Gasteiger partial charge is 0.494 e. The van der Waals surface area contributed by atoms with Crippen LogP contribution in [-0.4, -0.2) is 31.1 Å². The van der Waals surface area contributed by atoms with Crippen molar-refractivity contribution in [2.75, 3.05) is 26.2 Å². The lowest BCUT2D eigenvalue weighted by atomic mass is 10.2. The molecule has 1 fully saturated rings. The Hall–Kier alpha value is -0.540. The molecule has 0 atom stereocenters. The van der Waals surface area contributed by atoms with Crippen LogP contribution in [0.2, 0.25) is 0 Å². The van der Waals surface area contributed by atoms with Gasteiger partial charge in [0.15, 0.2) is 0 Å². The van der Waals surface area contributed by atoms with E-state index in [0.717, 1.165) is 23.2 Å². The molecule has 0 radical (unpaired) electrons. The minimum Gasteiger partial charge on any atom is -0.494 e. The van der Waals surface area contributed by atoms with Crippen molar-refractivity contribution in [2.45, 2.75) is 32.1 Å². The Morgan fingerprint density at radius 3 is 2.44 bits per heavy atom. The SMILES string of the molecule is Brc1ccc(OCCCCCN2CCCC2)cc1. The lowest BCUT2D eigenvalue weighted by molar-refractivity contribution is 0.290. The first-order valence-electron chi connectivity index (χ1n) is 6.95. The summed E-state index contributed by atoms with van der Waals surface area (Å²) in [5, 5.41) is 0. The summed E-state index contributed by atoms with van der Waals surface area (Å²) in [5.74, 6) is 0.970. The van der Waals surface area contributed by atoms with E-state index in [1.165, 1.54) is 45.3 Å². The highest BCUT2D eigenvalue weighted by Crippen LogP contribution is 2.16. The predicted molar refractivity (Wildman–Crippen MR) is 79.2 cm³/mol. The van der Waals surface area contributed by atoms with Gasteiger partial charge in [-0.15, -0.1) is 0 Å². The number of likely N-dealkylation sites (tertiary alicyclic amines) is 1. The van der Waals surface area contributed by atoms with Gasteiger partial charge in [0.2, 0.25) is 0 Å². The van der Waals surface area contributed by atoms with Crippen LogP contribution in [0.15, 0.2) is 28.7 Å². The summed E-state index contributed by atoms with van der Waals surface area (Å²) in [6, 6.07) is 8.05. The Balaban J connectivity index is 1.49. The quantitative estimate of drug-likeness (QED) is 0.703. The van der Waals surface area contributed by atoms with Crippen molar-refractivity contribution in [3.63, 3.8) is 0 Å². The lowest BCUT2D eigenvalue weighted by Crippen LogP contribution is -2.20. The van der Waals surface area contributed by atoms with Crippen molar-refractivity contribution in [1.29, 1.82) is 0 Å². The number of hydrogen-bond donors (Lipinski definition) is 0. The third-order valence-electron chi connectivity index (χ3n) is 3.40. The lowest BCUT2D eigenvalue weighted by Gasteiger charge is -2.13. The number of halogens is 1. The molecule has 1 saturated heterocycles. The van der Waals surface area contributed by atoms with Gasteiger partial charge < -0.3 is 9.64 Å². The highest BCUT2D eigenvalue weighted by atomic mass is 79.9. The number of unbranched alkanes of at least 4 members (excludes halogenated alkanes) is 2. The van der Waals surface area contributed by atoms with Gasteiger partial charge in [0.25, 0.3) is 0 Å². The van der Waals surface area contributed by atoms with E-state index in [2.05, 4.69) is 20.8 Å². The van der Waals surface area contributed by atoms with Gasteiger partial charge in [0.1, 0.15) is 5.75 Å². The van der Waals surface area contributed by atoms with Gasteiger partial charge in [0.05, 0.1) is 6.61 Å². The van der Waals surface area contributed by atoms with Gasteiger partial charge in [-0.05, 0) is 76.0 Å². The van der Waals surface area contributed by atoms with Crippen LogP contribution in [0.5, 0.6) is 5.75 Å². The number of rotatable bonds is 7.